The molecule has 0 radical (unpaired) electrons. The summed E-state index contributed by atoms with van der Waals surface area (Å²) in [6, 6.07) is 12.5. The lowest BCUT2D eigenvalue weighted by molar-refractivity contribution is -0.156. The highest BCUT2D eigenvalue weighted by Gasteiger charge is 2.32. The van der Waals surface area contributed by atoms with Crippen molar-refractivity contribution in [3.63, 3.8) is 0 Å². The van der Waals surface area contributed by atoms with Gasteiger partial charge in [0.25, 0.3) is 0 Å². The van der Waals surface area contributed by atoms with E-state index >= 15 is 0 Å². The van der Waals surface area contributed by atoms with Crippen LogP contribution >= 0.6 is 11.6 Å². The molecule has 0 saturated carbocycles. The summed E-state index contributed by atoms with van der Waals surface area (Å²) in [4.78, 5) is 104. The van der Waals surface area contributed by atoms with Gasteiger partial charge in [-0.25, -0.2) is 29.1 Å². The predicted molar refractivity (Wildman–Crippen MR) is 335 cm³/mol. The molecule has 3 aliphatic rings. The van der Waals surface area contributed by atoms with Crippen molar-refractivity contribution in [2.45, 2.75) is 172 Å². The molecule has 3 aliphatic heterocycles. The van der Waals surface area contributed by atoms with E-state index in [0.29, 0.717) is 124 Å². The number of hydrogen-bond donors (Lipinski definition) is 3. The molecule has 4 aromatic rings. The number of alkyl halides is 1. The normalized spacial score (nSPS) is 14.6. The molecule has 0 bridgehead atoms. The fraction of sp³-hybridized carbons (Fsp3) is 0.581. The molecule has 0 aliphatic carbocycles. The van der Waals surface area contributed by atoms with Crippen LogP contribution in [0.15, 0.2) is 60.9 Å². The molecule has 3 N–H and O–H groups in total. The van der Waals surface area contributed by atoms with Gasteiger partial charge in [-0.1, -0.05) is 39.1 Å². The highest BCUT2D eigenvalue weighted by atomic mass is 35.5. The van der Waals surface area contributed by atoms with E-state index in [-0.39, 0.29) is 58.1 Å². The molecule has 4 amide bonds. The van der Waals surface area contributed by atoms with E-state index in [9.17, 15) is 28.8 Å². The van der Waals surface area contributed by atoms with Crippen LogP contribution in [0.5, 0.6) is 11.5 Å². The van der Waals surface area contributed by atoms with Crippen LogP contribution in [0.4, 0.5) is 44.5 Å². The van der Waals surface area contributed by atoms with Crippen LogP contribution < -0.4 is 40.1 Å². The van der Waals surface area contributed by atoms with Gasteiger partial charge in [-0.2, -0.15) is 9.97 Å². The zero-order valence-corrected chi connectivity index (χ0v) is 50.8. The summed E-state index contributed by atoms with van der Waals surface area (Å²) in [5.74, 6) is 1.79. The largest absolute Gasteiger partial charge is 0.458 e. The summed E-state index contributed by atoms with van der Waals surface area (Å²) in [5.41, 5.74) is 1.12. The molecule has 2 aromatic carbocycles. The number of likely N-dealkylation sites (tertiary alicyclic amines) is 2. The second-order valence-corrected chi connectivity index (χ2v) is 22.8. The molecule has 23 heteroatoms. The third-order valence-corrected chi connectivity index (χ3v) is 13.9. The lowest BCUT2D eigenvalue weighted by Crippen LogP contribution is -2.39. The average molecular weight is 1200 g/mol. The molecular formula is C62H93ClN12O10. The van der Waals surface area contributed by atoms with Gasteiger partial charge >= 0.3 is 24.1 Å². The second-order valence-electron chi connectivity index (χ2n) is 22.5. The van der Waals surface area contributed by atoms with Gasteiger partial charge in [-0.15, -0.1) is 11.6 Å². The third-order valence-electron chi connectivity index (χ3n) is 13.7. The number of benzene rings is 2. The molecule has 468 valence electrons. The number of hydrogen-bond acceptors (Lipinski definition) is 18. The first-order chi connectivity index (χ1) is 39.6. The minimum Gasteiger partial charge on any atom is -0.458 e. The standard InChI is InChI=1S/C30H43ClN6O5.C30H42N6O5.2CH4/c1-6-36(7-2)28-32-20-24(33-25(38)11-10-16-31)26(35-28)34-23(27(39)42-30(3,4)5)19-21-12-14-22(15-13-21)41-29(40)37-17-8-9-18-37;1-6-34(7-2)28-31-20-24(36-18-10-11-25(36)37)26(33-28)32-23(27(38)41-30(3,4)5)19-21-12-14-22(15-13-21)40-29(39)35-16-8-9-17-35;;/h12-15,20,23H,6-11,16-19H2,1-5H3,(H,33,38)(H,32,34,35);12-15,20,23H,6-11,16-19H2,1-5H3,(H,31,32,33);2*1H4/t2*23-;;/m00../s1. The maximum Gasteiger partial charge on any atom is 0.415 e. The van der Waals surface area contributed by atoms with Crippen LogP contribution in [-0.2, 0) is 41.5 Å². The van der Waals surface area contributed by atoms with Gasteiger partial charge in [0.15, 0.2) is 11.6 Å². The Morgan fingerprint density at radius 3 is 1.44 bits per heavy atom. The topological polar surface area (TPSA) is 243 Å². The zero-order valence-electron chi connectivity index (χ0n) is 50.1. The van der Waals surface area contributed by atoms with E-state index in [4.69, 9.17) is 35.5 Å². The van der Waals surface area contributed by atoms with Crippen molar-refractivity contribution >= 4 is 82.4 Å². The van der Waals surface area contributed by atoms with E-state index < -0.39 is 35.2 Å². The Kier molecular flexibility index (Phi) is 27.4. The Bertz CT molecular complexity index is 2790. The van der Waals surface area contributed by atoms with E-state index in [1.807, 2.05) is 82.5 Å². The van der Waals surface area contributed by atoms with Crippen molar-refractivity contribution in [2.75, 3.05) is 95.4 Å². The van der Waals surface area contributed by atoms with Crippen molar-refractivity contribution < 1.29 is 47.7 Å². The number of aromatic nitrogens is 4. The number of anilines is 6. The van der Waals surface area contributed by atoms with Gasteiger partial charge in [-0.3, -0.25) is 9.59 Å². The Morgan fingerprint density at radius 1 is 0.612 bits per heavy atom. The van der Waals surface area contributed by atoms with Crippen LogP contribution in [-0.4, -0.2) is 154 Å². The van der Waals surface area contributed by atoms with Gasteiger partial charge in [-0.05, 0) is 143 Å². The first kappa shape index (κ1) is 70.0. The number of ether oxygens (including phenoxy) is 4. The van der Waals surface area contributed by atoms with Crippen molar-refractivity contribution in [1.29, 1.82) is 0 Å². The van der Waals surface area contributed by atoms with Crippen molar-refractivity contribution in [3.8, 4) is 11.5 Å². The number of nitrogens with one attached hydrogen (secondary N) is 3. The number of esters is 2. The lowest BCUT2D eigenvalue weighted by atomic mass is 10.0. The fourth-order valence-electron chi connectivity index (χ4n) is 9.36. The highest BCUT2D eigenvalue weighted by Crippen LogP contribution is 2.32. The van der Waals surface area contributed by atoms with Crippen LogP contribution in [0.25, 0.3) is 0 Å². The van der Waals surface area contributed by atoms with Gasteiger partial charge < -0.3 is 59.4 Å². The predicted octanol–water partition coefficient (Wildman–Crippen LogP) is 10.9. The molecular weight excluding hydrogens is 1110 g/mol. The Balaban J connectivity index is 0.000000356. The fourth-order valence-corrected chi connectivity index (χ4v) is 9.49. The molecule has 2 atom stereocenters. The van der Waals surface area contributed by atoms with Gasteiger partial charge in [0.1, 0.15) is 46.2 Å². The van der Waals surface area contributed by atoms with Crippen LogP contribution in [0.1, 0.15) is 147 Å². The minimum absolute atomic E-state index is 0. The molecule has 85 heavy (non-hydrogen) atoms. The summed E-state index contributed by atoms with van der Waals surface area (Å²) in [6.45, 7) is 25.1. The molecule has 3 saturated heterocycles. The first-order valence-electron chi connectivity index (χ1n) is 29.1. The lowest BCUT2D eigenvalue weighted by Gasteiger charge is -2.28. The third kappa shape index (κ3) is 21.5. The zero-order chi connectivity index (χ0) is 60.3. The number of amides is 4. The minimum atomic E-state index is -0.847. The molecule has 5 heterocycles. The van der Waals surface area contributed by atoms with Gasteiger partial charge in [0.2, 0.25) is 23.7 Å². The Morgan fingerprint density at radius 2 is 1.04 bits per heavy atom. The molecule has 22 nitrogen and oxygen atoms in total. The van der Waals surface area contributed by atoms with E-state index in [0.717, 1.165) is 43.2 Å². The van der Waals surface area contributed by atoms with Crippen molar-refractivity contribution in [1.82, 2.24) is 29.7 Å². The monoisotopic (exact) mass is 1200 g/mol. The Hall–Kier alpha value is -7.49. The highest BCUT2D eigenvalue weighted by molar-refractivity contribution is 6.18. The van der Waals surface area contributed by atoms with Crippen LogP contribution in [0.3, 0.4) is 0 Å². The van der Waals surface area contributed by atoms with E-state index in [1.165, 1.54) is 6.20 Å². The first-order valence-corrected chi connectivity index (χ1v) is 29.6. The molecule has 0 spiro atoms. The number of carbonyl (C=O) groups is 6. The maximum absolute atomic E-state index is 13.5. The van der Waals surface area contributed by atoms with Crippen molar-refractivity contribution in [3.05, 3.63) is 72.1 Å². The van der Waals surface area contributed by atoms with Crippen LogP contribution in [0.2, 0.25) is 0 Å². The van der Waals surface area contributed by atoms with Gasteiger partial charge in [0, 0.05) is 90.5 Å². The SMILES string of the molecule is C.C.CCN(CC)c1ncc(N2CCCC2=O)c(N[C@@H](Cc2ccc(OC(=O)N3CCCC3)cc2)C(=O)OC(C)(C)C)n1.CCN(CC)c1ncc(NC(=O)CCCCl)c(N[C@@H](Cc2ccc(OC(=O)N3CCCC3)cc2)C(=O)OC(C)(C)C)n1. The van der Waals surface area contributed by atoms with Crippen LogP contribution in [0, 0.1) is 0 Å². The summed E-state index contributed by atoms with van der Waals surface area (Å²) in [7, 11) is 0. The van der Waals surface area contributed by atoms with E-state index in [1.54, 1.807) is 65.9 Å². The molecule has 3 fully saturated rings. The number of nitrogens with zero attached hydrogens (tertiary/aromatic N) is 9. The summed E-state index contributed by atoms with van der Waals surface area (Å²) >= 11 is 5.76. The van der Waals surface area contributed by atoms with E-state index in [2.05, 4.69) is 30.9 Å². The molecule has 2 aromatic heterocycles. The number of carbonyl (C=O) groups excluding carboxylic acids is 6. The van der Waals surface area contributed by atoms with Crippen molar-refractivity contribution in [2.24, 2.45) is 0 Å². The average Bonchev–Trinajstić information content (AvgIpc) is 4.46. The summed E-state index contributed by atoms with van der Waals surface area (Å²) in [6.07, 6.45) is 8.94. The number of halogens is 1. The second kappa shape index (κ2) is 33.3. The maximum atomic E-state index is 13.5. The summed E-state index contributed by atoms with van der Waals surface area (Å²) < 4.78 is 22.6. The smallest absolute Gasteiger partial charge is 0.415 e. The molecule has 0 unspecified atom stereocenters. The van der Waals surface area contributed by atoms with Gasteiger partial charge in [0.05, 0.1) is 12.4 Å². The number of rotatable bonds is 23. The summed E-state index contributed by atoms with van der Waals surface area (Å²) in [5, 5.41) is 9.37. The Labute approximate surface area is 508 Å². The molecule has 7 rings (SSSR count). The quantitative estimate of drug-likeness (QED) is 0.0462.